The average Bonchev–Trinajstić information content (AvgIpc) is 3.17. The van der Waals surface area contributed by atoms with Gasteiger partial charge in [0.25, 0.3) is 5.91 Å². The molecule has 0 N–H and O–H groups in total. The Morgan fingerprint density at radius 2 is 1.77 bits per heavy atom. The Bertz CT molecular complexity index is 957. The molecule has 158 valence electrons. The van der Waals surface area contributed by atoms with E-state index in [1.54, 1.807) is 5.01 Å². The number of hydrogen-bond donors (Lipinski definition) is 0. The number of hydrogen-bond acceptors (Lipinski definition) is 3. The number of likely N-dealkylation sites (tertiary alicyclic amines) is 1. The number of carbonyl (C=O) groups is 1. The van der Waals surface area contributed by atoms with Crippen LogP contribution in [0.2, 0.25) is 0 Å². The summed E-state index contributed by atoms with van der Waals surface area (Å²) >= 11 is 0. The fraction of sp³-hybridized carbons (Fsp3) is 0.462. The Hall–Kier alpha value is -2.46. The predicted octanol–water partition coefficient (Wildman–Crippen LogP) is 5.02. The van der Waals surface area contributed by atoms with Crippen LogP contribution in [-0.4, -0.2) is 41.2 Å². The monoisotopic (exact) mass is 403 g/mol. The maximum atomic E-state index is 13.4. The van der Waals surface area contributed by atoms with Crippen molar-refractivity contribution >= 4 is 11.6 Å². The average molecular weight is 404 g/mol. The molecule has 0 saturated carbocycles. The highest BCUT2D eigenvalue weighted by Crippen LogP contribution is 2.35. The zero-order valence-electron chi connectivity index (χ0n) is 18.7. The second-order valence-corrected chi connectivity index (χ2v) is 9.14. The van der Waals surface area contributed by atoms with Gasteiger partial charge >= 0.3 is 0 Å². The van der Waals surface area contributed by atoms with Crippen molar-refractivity contribution in [1.82, 2.24) is 9.91 Å². The standard InChI is InChI=1S/C26H33N3O/c1-18-11-13-28(14-12-18)17-26(30)29-25(22-8-6-5-7-20(22)3)16-24(27-29)23-15-19(2)9-10-21(23)4/h5-10,15,18,25H,11-14,16-17H2,1-4H3. The lowest BCUT2D eigenvalue weighted by Gasteiger charge is -2.31. The van der Waals surface area contributed by atoms with Gasteiger partial charge in [-0.15, -0.1) is 0 Å². The molecule has 2 aliphatic rings. The SMILES string of the molecule is Cc1ccc(C)c(C2=NN(C(=O)CN3CCC(C)CC3)C(c3ccccc3C)C2)c1. The van der Waals surface area contributed by atoms with Crippen LogP contribution < -0.4 is 0 Å². The molecule has 0 bridgehead atoms. The molecule has 4 heteroatoms. The summed E-state index contributed by atoms with van der Waals surface area (Å²) in [5.74, 6) is 0.870. The van der Waals surface area contributed by atoms with Crippen LogP contribution in [-0.2, 0) is 4.79 Å². The van der Waals surface area contributed by atoms with Gasteiger partial charge in [-0.3, -0.25) is 9.69 Å². The van der Waals surface area contributed by atoms with Gasteiger partial charge in [0.05, 0.1) is 18.3 Å². The molecule has 4 rings (SSSR count). The summed E-state index contributed by atoms with van der Waals surface area (Å²) in [4.78, 5) is 15.7. The molecule has 4 nitrogen and oxygen atoms in total. The zero-order chi connectivity index (χ0) is 21.3. The lowest BCUT2D eigenvalue weighted by molar-refractivity contribution is -0.134. The number of aryl methyl sites for hydroxylation is 3. The Morgan fingerprint density at radius 1 is 1.03 bits per heavy atom. The quantitative estimate of drug-likeness (QED) is 0.718. The summed E-state index contributed by atoms with van der Waals surface area (Å²) in [6, 6.07) is 14.8. The van der Waals surface area contributed by atoms with Crippen molar-refractivity contribution in [2.45, 2.75) is 53.0 Å². The highest BCUT2D eigenvalue weighted by Gasteiger charge is 2.35. The van der Waals surface area contributed by atoms with Gasteiger partial charge in [-0.2, -0.15) is 5.10 Å². The first-order valence-corrected chi connectivity index (χ1v) is 11.2. The van der Waals surface area contributed by atoms with Gasteiger partial charge in [-0.25, -0.2) is 5.01 Å². The molecule has 0 spiro atoms. The Morgan fingerprint density at radius 3 is 2.50 bits per heavy atom. The van der Waals surface area contributed by atoms with Crippen molar-refractivity contribution < 1.29 is 4.79 Å². The second kappa shape index (κ2) is 8.73. The number of rotatable bonds is 4. The molecule has 1 fully saturated rings. The van der Waals surface area contributed by atoms with E-state index >= 15 is 0 Å². The van der Waals surface area contributed by atoms with Crippen LogP contribution in [0.4, 0.5) is 0 Å². The van der Waals surface area contributed by atoms with Crippen LogP contribution >= 0.6 is 0 Å². The summed E-state index contributed by atoms with van der Waals surface area (Å²) in [6.07, 6.45) is 3.11. The molecule has 2 aromatic rings. The van der Waals surface area contributed by atoms with E-state index in [9.17, 15) is 4.79 Å². The predicted molar refractivity (Wildman–Crippen MR) is 123 cm³/mol. The van der Waals surface area contributed by atoms with Gasteiger partial charge in [-0.05, 0) is 75.4 Å². The molecule has 1 saturated heterocycles. The van der Waals surface area contributed by atoms with Gasteiger partial charge in [0, 0.05) is 12.0 Å². The third-order valence-electron chi connectivity index (χ3n) is 6.65. The molecule has 2 aliphatic heterocycles. The molecular weight excluding hydrogens is 370 g/mol. The number of amides is 1. The number of benzene rings is 2. The van der Waals surface area contributed by atoms with Gasteiger partial charge < -0.3 is 0 Å². The third-order valence-corrected chi connectivity index (χ3v) is 6.65. The number of piperidine rings is 1. The summed E-state index contributed by atoms with van der Waals surface area (Å²) < 4.78 is 0. The van der Waals surface area contributed by atoms with E-state index < -0.39 is 0 Å². The van der Waals surface area contributed by atoms with E-state index in [1.807, 2.05) is 0 Å². The Labute approximate surface area is 180 Å². The summed E-state index contributed by atoms with van der Waals surface area (Å²) in [7, 11) is 0. The summed E-state index contributed by atoms with van der Waals surface area (Å²) in [5, 5.41) is 6.69. The Kier molecular flexibility index (Phi) is 6.05. The van der Waals surface area contributed by atoms with E-state index in [-0.39, 0.29) is 11.9 Å². The molecule has 30 heavy (non-hydrogen) atoms. The van der Waals surface area contributed by atoms with Crippen LogP contribution in [0.5, 0.6) is 0 Å². The van der Waals surface area contributed by atoms with E-state index in [1.165, 1.54) is 35.1 Å². The first-order valence-electron chi connectivity index (χ1n) is 11.2. The van der Waals surface area contributed by atoms with Crippen LogP contribution in [0.1, 0.15) is 60.0 Å². The van der Waals surface area contributed by atoms with Crippen LogP contribution in [0, 0.1) is 26.7 Å². The molecule has 0 aromatic heterocycles. The van der Waals surface area contributed by atoms with Crippen molar-refractivity contribution in [2.24, 2.45) is 11.0 Å². The van der Waals surface area contributed by atoms with Crippen LogP contribution in [0.25, 0.3) is 0 Å². The molecule has 2 aromatic carbocycles. The van der Waals surface area contributed by atoms with E-state index in [4.69, 9.17) is 5.10 Å². The third kappa shape index (κ3) is 4.34. The number of nitrogens with zero attached hydrogens (tertiary/aromatic N) is 3. The minimum atomic E-state index is -0.0303. The van der Waals surface area contributed by atoms with E-state index in [0.717, 1.165) is 36.7 Å². The number of hydrazone groups is 1. The largest absolute Gasteiger partial charge is 0.294 e. The highest BCUT2D eigenvalue weighted by atomic mass is 16.2. The van der Waals surface area contributed by atoms with Gasteiger partial charge in [-0.1, -0.05) is 48.9 Å². The number of carbonyl (C=O) groups excluding carboxylic acids is 1. The first-order chi connectivity index (χ1) is 14.4. The topological polar surface area (TPSA) is 35.9 Å². The maximum Gasteiger partial charge on any atom is 0.257 e. The van der Waals surface area contributed by atoms with Gasteiger partial charge in [0.15, 0.2) is 0 Å². The molecule has 1 unspecified atom stereocenters. The van der Waals surface area contributed by atoms with E-state index in [0.29, 0.717) is 6.54 Å². The van der Waals surface area contributed by atoms with Crippen LogP contribution in [0.3, 0.4) is 0 Å². The molecule has 0 radical (unpaired) electrons. The van der Waals surface area contributed by atoms with Crippen molar-refractivity contribution in [3.63, 3.8) is 0 Å². The smallest absolute Gasteiger partial charge is 0.257 e. The second-order valence-electron chi connectivity index (χ2n) is 9.14. The van der Waals surface area contributed by atoms with Gasteiger partial charge in [0.1, 0.15) is 0 Å². The highest BCUT2D eigenvalue weighted by molar-refractivity contribution is 6.04. The summed E-state index contributed by atoms with van der Waals surface area (Å²) in [5.41, 5.74) is 7.02. The zero-order valence-corrected chi connectivity index (χ0v) is 18.7. The van der Waals surface area contributed by atoms with Gasteiger partial charge in [0.2, 0.25) is 0 Å². The minimum absolute atomic E-state index is 0.0303. The van der Waals surface area contributed by atoms with Crippen molar-refractivity contribution in [3.8, 4) is 0 Å². The van der Waals surface area contributed by atoms with Crippen LogP contribution in [0.15, 0.2) is 47.6 Å². The normalized spacial score (nSPS) is 20.5. The molecule has 0 aliphatic carbocycles. The molecule has 2 heterocycles. The fourth-order valence-corrected chi connectivity index (χ4v) is 4.64. The minimum Gasteiger partial charge on any atom is -0.294 e. The van der Waals surface area contributed by atoms with Crippen molar-refractivity contribution in [1.29, 1.82) is 0 Å². The van der Waals surface area contributed by atoms with Crippen molar-refractivity contribution in [2.75, 3.05) is 19.6 Å². The van der Waals surface area contributed by atoms with Crippen molar-refractivity contribution in [3.05, 3.63) is 70.3 Å². The fourth-order valence-electron chi connectivity index (χ4n) is 4.64. The summed E-state index contributed by atoms with van der Waals surface area (Å²) in [6.45, 7) is 11.1. The maximum absolute atomic E-state index is 13.4. The lowest BCUT2D eigenvalue weighted by atomic mass is 9.93. The Balaban J connectivity index is 1.63. The van der Waals surface area contributed by atoms with E-state index in [2.05, 4.69) is 75.1 Å². The molecular formula is C26H33N3O. The lowest BCUT2D eigenvalue weighted by Crippen LogP contribution is -2.41. The molecule has 1 amide bonds. The first kappa shape index (κ1) is 20.8. The molecule has 1 atom stereocenters.